The molecule has 1 aliphatic rings. The number of rotatable bonds is 5. The molecular weight excluding hydrogens is 423 g/mol. The van der Waals surface area contributed by atoms with Gasteiger partial charge in [-0.15, -0.1) is 13.2 Å². The minimum absolute atomic E-state index is 0.0444. The number of halogens is 3. The van der Waals surface area contributed by atoms with E-state index in [4.69, 9.17) is 0 Å². The maximum atomic E-state index is 12.6. The molecule has 168 valence electrons. The van der Waals surface area contributed by atoms with Gasteiger partial charge in [0.2, 0.25) is 5.91 Å². The second kappa shape index (κ2) is 8.57. The minimum Gasteiger partial charge on any atom is -0.508 e. The summed E-state index contributed by atoms with van der Waals surface area (Å²) in [6.07, 6.45) is -3.87. The molecule has 4 rings (SSSR count). The molecule has 9 heteroatoms. The van der Waals surface area contributed by atoms with Crippen molar-refractivity contribution in [3.05, 3.63) is 59.7 Å². The quantitative estimate of drug-likeness (QED) is 0.609. The first kappa shape index (κ1) is 21.7. The first-order valence-corrected chi connectivity index (χ1v) is 10.2. The molecule has 2 heterocycles. The fourth-order valence-corrected chi connectivity index (χ4v) is 3.87. The Morgan fingerprint density at radius 3 is 2.69 bits per heavy atom. The molecule has 1 aromatic heterocycles. The Bertz CT molecular complexity index is 1130. The second-order valence-electron chi connectivity index (χ2n) is 7.86. The van der Waals surface area contributed by atoms with E-state index in [1.54, 1.807) is 23.1 Å². The lowest BCUT2D eigenvalue weighted by Crippen LogP contribution is -2.32. The van der Waals surface area contributed by atoms with Gasteiger partial charge in [-0.2, -0.15) is 0 Å². The number of carbonyl (C=O) groups excluding carboxylic acids is 1. The van der Waals surface area contributed by atoms with Crippen molar-refractivity contribution in [2.24, 2.45) is 0 Å². The van der Waals surface area contributed by atoms with Crippen LogP contribution in [0.5, 0.6) is 11.5 Å². The Labute approximate surface area is 182 Å². The van der Waals surface area contributed by atoms with Gasteiger partial charge in [-0.05, 0) is 60.9 Å². The first-order chi connectivity index (χ1) is 15.2. The van der Waals surface area contributed by atoms with Crippen molar-refractivity contribution < 1.29 is 27.8 Å². The predicted octanol–water partition coefficient (Wildman–Crippen LogP) is 4.40. The van der Waals surface area contributed by atoms with Crippen LogP contribution in [0.2, 0.25) is 0 Å². The van der Waals surface area contributed by atoms with E-state index in [1.807, 2.05) is 13.0 Å². The number of hydrogen-bond donors (Lipinski definition) is 2. The van der Waals surface area contributed by atoms with Crippen LogP contribution in [0, 0.1) is 6.92 Å². The third kappa shape index (κ3) is 5.22. The highest BCUT2D eigenvalue weighted by atomic mass is 19.4. The summed E-state index contributed by atoms with van der Waals surface area (Å²) >= 11 is 0. The Morgan fingerprint density at radius 2 is 1.97 bits per heavy atom. The number of nitrogens with zero attached hydrogens (tertiary/aromatic N) is 2. The number of ether oxygens (including phenoxy) is 1. The van der Waals surface area contributed by atoms with E-state index < -0.39 is 6.36 Å². The topological polar surface area (TPSA) is 74.7 Å². The molecule has 0 spiro atoms. The first-order valence-electron chi connectivity index (χ1n) is 10.2. The molecule has 1 aliphatic heterocycles. The van der Waals surface area contributed by atoms with Crippen LogP contribution in [0.15, 0.2) is 48.5 Å². The maximum Gasteiger partial charge on any atom is 0.573 e. The van der Waals surface area contributed by atoms with Crippen molar-refractivity contribution in [3.63, 3.8) is 0 Å². The number of anilines is 1. The standard InChI is InChI=1S/C23H22F3N3O3/c1-14-10-21(28-20-7-4-17(30)12-19(14)20)27-16-8-9-29(13-16)22(31)11-15-2-5-18(6-3-15)32-23(24,25)26/h2-7,10,12,16,30H,8-9,11,13H2,1H3,(H,27,28). The number of amides is 1. The van der Waals surface area contributed by atoms with Crippen LogP contribution < -0.4 is 10.1 Å². The Morgan fingerprint density at radius 1 is 1.22 bits per heavy atom. The molecule has 32 heavy (non-hydrogen) atoms. The molecule has 6 nitrogen and oxygen atoms in total. The second-order valence-corrected chi connectivity index (χ2v) is 7.86. The Hall–Kier alpha value is -3.49. The summed E-state index contributed by atoms with van der Waals surface area (Å²) in [7, 11) is 0. The summed E-state index contributed by atoms with van der Waals surface area (Å²) in [6.45, 7) is 3.05. The lowest BCUT2D eigenvalue weighted by molar-refractivity contribution is -0.274. The summed E-state index contributed by atoms with van der Waals surface area (Å²) < 4.78 is 40.6. The molecule has 1 unspecified atom stereocenters. The van der Waals surface area contributed by atoms with Gasteiger partial charge in [0.05, 0.1) is 11.9 Å². The van der Waals surface area contributed by atoms with Gasteiger partial charge in [0, 0.05) is 24.5 Å². The fraction of sp³-hybridized carbons (Fsp3) is 0.304. The fourth-order valence-electron chi connectivity index (χ4n) is 3.87. The lowest BCUT2D eigenvalue weighted by Gasteiger charge is -2.18. The number of hydrogen-bond acceptors (Lipinski definition) is 5. The third-order valence-corrected chi connectivity index (χ3v) is 5.40. The average molecular weight is 445 g/mol. The highest BCUT2D eigenvalue weighted by Crippen LogP contribution is 2.26. The van der Waals surface area contributed by atoms with E-state index in [1.165, 1.54) is 24.3 Å². The molecular formula is C23H22F3N3O3. The highest BCUT2D eigenvalue weighted by molar-refractivity contribution is 5.85. The number of aromatic nitrogens is 1. The van der Waals surface area contributed by atoms with E-state index in [2.05, 4.69) is 15.0 Å². The zero-order valence-electron chi connectivity index (χ0n) is 17.3. The lowest BCUT2D eigenvalue weighted by atomic mass is 10.1. The predicted molar refractivity (Wildman–Crippen MR) is 114 cm³/mol. The highest BCUT2D eigenvalue weighted by Gasteiger charge is 2.31. The van der Waals surface area contributed by atoms with Crippen LogP contribution in [-0.2, 0) is 11.2 Å². The van der Waals surface area contributed by atoms with Crippen LogP contribution in [0.25, 0.3) is 10.9 Å². The van der Waals surface area contributed by atoms with Gasteiger partial charge in [0.15, 0.2) is 0 Å². The van der Waals surface area contributed by atoms with Crippen LogP contribution in [0.4, 0.5) is 19.0 Å². The molecule has 3 aromatic rings. The molecule has 1 atom stereocenters. The SMILES string of the molecule is Cc1cc(NC2CCN(C(=O)Cc3ccc(OC(F)(F)F)cc3)C2)nc2ccc(O)cc12. The van der Waals surface area contributed by atoms with Crippen molar-refractivity contribution in [2.75, 3.05) is 18.4 Å². The molecule has 1 amide bonds. The van der Waals surface area contributed by atoms with Crippen LogP contribution in [0.1, 0.15) is 17.5 Å². The molecule has 0 bridgehead atoms. The average Bonchev–Trinajstić information content (AvgIpc) is 3.18. The number of alkyl halides is 3. The number of fused-ring (bicyclic) bond motifs is 1. The van der Waals surface area contributed by atoms with Gasteiger partial charge in [-0.3, -0.25) is 4.79 Å². The van der Waals surface area contributed by atoms with Crippen molar-refractivity contribution in [1.29, 1.82) is 0 Å². The smallest absolute Gasteiger partial charge is 0.508 e. The van der Waals surface area contributed by atoms with Crippen molar-refractivity contribution in [1.82, 2.24) is 9.88 Å². The van der Waals surface area contributed by atoms with E-state index in [9.17, 15) is 23.1 Å². The van der Waals surface area contributed by atoms with Crippen LogP contribution in [0.3, 0.4) is 0 Å². The molecule has 1 fully saturated rings. The number of likely N-dealkylation sites (tertiary alicyclic amines) is 1. The van der Waals surface area contributed by atoms with Gasteiger partial charge in [0.25, 0.3) is 0 Å². The number of phenolic OH excluding ortho intramolecular Hbond substituents is 1. The number of aromatic hydroxyl groups is 1. The van der Waals surface area contributed by atoms with Crippen molar-refractivity contribution >= 4 is 22.6 Å². The Balaban J connectivity index is 1.35. The third-order valence-electron chi connectivity index (χ3n) is 5.40. The molecule has 2 N–H and O–H groups in total. The summed E-state index contributed by atoms with van der Waals surface area (Å²) in [4.78, 5) is 19.0. The minimum atomic E-state index is -4.74. The Kier molecular flexibility index (Phi) is 5.82. The monoisotopic (exact) mass is 445 g/mol. The van der Waals surface area contributed by atoms with E-state index in [-0.39, 0.29) is 29.9 Å². The van der Waals surface area contributed by atoms with Crippen LogP contribution in [-0.4, -0.2) is 46.4 Å². The van der Waals surface area contributed by atoms with Crippen molar-refractivity contribution in [2.45, 2.75) is 32.2 Å². The molecule has 1 saturated heterocycles. The van der Waals surface area contributed by atoms with E-state index >= 15 is 0 Å². The molecule has 2 aromatic carbocycles. The van der Waals surface area contributed by atoms with Gasteiger partial charge in [0.1, 0.15) is 17.3 Å². The summed E-state index contributed by atoms with van der Waals surface area (Å²) in [5, 5.41) is 13.9. The number of benzene rings is 2. The van der Waals surface area contributed by atoms with Gasteiger partial charge in [-0.25, -0.2) is 4.98 Å². The number of aryl methyl sites for hydroxylation is 1. The molecule has 0 radical (unpaired) electrons. The number of nitrogens with one attached hydrogen (secondary N) is 1. The zero-order chi connectivity index (χ0) is 22.9. The van der Waals surface area contributed by atoms with Gasteiger partial charge < -0.3 is 20.1 Å². The van der Waals surface area contributed by atoms with E-state index in [0.717, 1.165) is 22.9 Å². The largest absolute Gasteiger partial charge is 0.573 e. The number of phenols is 1. The zero-order valence-corrected chi connectivity index (χ0v) is 17.3. The number of carbonyl (C=O) groups is 1. The summed E-state index contributed by atoms with van der Waals surface area (Å²) in [5.74, 6) is 0.500. The maximum absolute atomic E-state index is 12.6. The molecule has 0 saturated carbocycles. The van der Waals surface area contributed by atoms with Crippen molar-refractivity contribution in [3.8, 4) is 11.5 Å². The normalized spacial score (nSPS) is 16.4. The van der Waals surface area contributed by atoms with Gasteiger partial charge >= 0.3 is 6.36 Å². The number of pyridine rings is 1. The van der Waals surface area contributed by atoms with Crippen LogP contribution >= 0.6 is 0 Å². The molecule has 0 aliphatic carbocycles. The van der Waals surface area contributed by atoms with Gasteiger partial charge in [-0.1, -0.05) is 12.1 Å². The van der Waals surface area contributed by atoms with E-state index in [0.29, 0.717) is 24.5 Å². The summed E-state index contributed by atoms with van der Waals surface area (Å²) in [6, 6.07) is 12.3. The summed E-state index contributed by atoms with van der Waals surface area (Å²) in [5.41, 5.74) is 2.38.